The van der Waals surface area contributed by atoms with Gasteiger partial charge in [-0.3, -0.25) is 0 Å². The highest BCUT2D eigenvalue weighted by Gasteiger charge is 2.01. The highest BCUT2D eigenvalue weighted by atomic mass is 79.9. The molecule has 0 bridgehead atoms. The number of anilines is 3. The van der Waals surface area contributed by atoms with Crippen LogP contribution in [0, 0.1) is 6.92 Å². The van der Waals surface area contributed by atoms with Gasteiger partial charge >= 0.3 is 0 Å². The minimum absolute atomic E-state index is 0.446. The number of aryl methyl sites for hydroxylation is 1. The Morgan fingerprint density at radius 3 is 2.81 bits per heavy atom. The third-order valence-corrected chi connectivity index (χ3v) is 2.76. The van der Waals surface area contributed by atoms with Crippen LogP contribution in [0.5, 0.6) is 0 Å². The maximum Gasteiger partial charge on any atom is 0.135 e. The van der Waals surface area contributed by atoms with E-state index >= 15 is 0 Å². The molecular weight excluding hydrogens is 268 g/mol. The second-order valence-corrected chi connectivity index (χ2v) is 4.29. The van der Waals surface area contributed by atoms with Gasteiger partial charge in [-0.15, -0.1) is 0 Å². The van der Waals surface area contributed by atoms with Crippen LogP contribution in [-0.2, 0) is 0 Å². The van der Waals surface area contributed by atoms with Gasteiger partial charge in [-0.1, -0.05) is 6.07 Å². The second-order valence-electron chi connectivity index (χ2n) is 3.44. The summed E-state index contributed by atoms with van der Waals surface area (Å²) >= 11 is 3.47. The van der Waals surface area contributed by atoms with Gasteiger partial charge < -0.3 is 11.1 Å². The maximum atomic E-state index is 5.58. The van der Waals surface area contributed by atoms with Gasteiger partial charge in [0.25, 0.3) is 0 Å². The van der Waals surface area contributed by atoms with Crippen molar-refractivity contribution in [3.63, 3.8) is 0 Å². The van der Waals surface area contributed by atoms with Gasteiger partial charge in [0.05, 0.1) is 5.69 Å². The predicted octanol–water partition coefficient (Wildman–Crippen LogP) is 2.87. The van der Waals surface area contributed by atoms with Crippen LogP contribution >= 0.6 is 15.9 Å². The Morgan fingerprint density at radius 1 is 1.25 bits per heavy atom. The number of halogens is 1. The van der Waals surface area contributed by atoms with E-state index in [4.69, 9.17) is 5.73 Å². The highest BCUT2D eigenvalue weighted by molar-refractivity contribution is 9.10. The van der Waals surface area contributed by atoms with Crippen molar-refractivity contribution in [2.45, 2.75) is 6.92 Å². The lowest BCUT2D eigenvalue weighted by Gasteiger charge is -2.08. The molecule has 3 N–H and O–H groups in total. The molecule has 0 unspecified atom stereocenters. The van der Waals surface area contributed by atoms with E-state index in [1.165, 1.54) is 11.9 Å². The first kappa shape index (κ1) is 10.9. The van der Waals surface area contributed by atoms with E-state index in [9.17, 15) is 0 Å². The number of rotatable bonds is 2. The van der Waals surface area contributed by atoms with Crippen molar-refractivity contribution in [1.82, 2.24) is 9.97 Å². The number of nitrogens with zero attached hydrogens (tertiary/aromatic N) is 2. The average Bonchev–Trinajstić information content (AvgIpc) is 2.24. The molecule has 0 aliphatic heterocycles. The molecule has 16 heavy (non-hydrogen) atoms. The topological polar surface area (TPSA) is 63.8 Å². The van der Waals surface area contributed by atoms with Crippen molar-refractivity contribution >= 4 is 33.3 Å². The summed E-state index contributed by atoms with van der Waals surface area (Å²) in [6.45, 7) is 2.03. The molecule has 0 saturated heterocycles. The quantitative estimate of drug-likeness (QED) is 0.887. The number of nitrogens with one attached hydrogen (secondary N) is 1. The number of nitrogen functional groups attached to an aromatic ring is 1. The van der Waals surface area contributed by atoms with Crippen molar-refractivity contribution in [2.24, 2.45) is 0 Å². The van der Waals surface area contributed by atoms with Gasteiger partial charge in [-0.25, -0.2) is 9.97 Å². The zero-order valence-electron chi connectivity index (χ0n) is 8.74. The largest absolute Gasteiger partial charge is 0.384 e. The molecule has 2 rings (SSSR count). The molecule has 0 atom stereocenters. The number of hydrogen-bond acceptors (Lipinski definition) is 4. The Labute approximate surface area is 102 Å². The first-order chi connectivity index (χ1) is 7.65. The van der Waals surface area contributed by atoms with E-state index in [1.807, 2.05) is 25.1 Å². The molecule has 0 fully saturated rings. The summed E-state index contributed by atoms with van der Waals surface area (Å²) in [7, 11) is 0. The Bertz CT molecular complexity index is 513. The van der Waals surface area contributed by atoms with Gasteiger partial charge in [-0.05, 0) is 40.5 Å². The van der Waals surface area contributed by atoms with Crippen molar-refractivity contribution in [2.75, 3.05) is 11.1 Å². The van der Waals surface area contributed by atoms with Crippen molar-refractivity contribution in [1.29, 1.82) is 0 Å². The molecule has 2 aromatic rings. The third kappa shape index (κ3) is 2.49. The van der Waals surface area contributed by atoms with Crippen molar-refractivity contribution in [3.8, 4) is 0 Å². The molecule has 0 amide bonds. The maximum absolute atomic E-state index is 5.58. The molecule has 1 heterocycles. The Hall–Kier alpha value is -1.62. The fraction of sp³-hybridized carbons (Fsp3) is 0.0909. The Morgan fingerprint density at radius 2 is 2.06 bits per heavy atom. The van der Waals surface area contributed by atoms with Crippen LogP contribution in [0.15, 0.2) is 35.1 Å². The molecule has 5 heteroatoms. The molecule has 0 spiro atoms. The Balaban J connectivity index is 2.30. The molecule has 0 radical (unpaired) electrons. The lowest BCUT2D eigenvalue weighted by atomic mass is 10.2. The molecule has 0 aliphatic carbocycles. The minimum atomic E-state index is 0.446. The lowest BCUT2D eigenvalue weighted by Crippen LogP contribution is -1.98. The van der Waals surface area contributed by atoms with Crippen molar-refractivity contribution < 1.29 is 0 Å². The van der Waals surface area contributed by atoms with Crippen LogP contribution in [0.4, 0.5) is 17.3 Å². The molecular formula is C11H11BrN4. The number of aromatic nitrogens is 2. The van der Waals surface area contributed by atoms with E-state index in [0.29, 0.717) is 11.6 Å². The zero-order valence-corrected chi connectivity index (χ0v) is 10.3. The molecule has 1 aromatic carbocycles. The standard InChI is InChI=1S/C11H11BrN4/c1-7-2-3-8(12)9(4-7)16-11-5-10(13)14-6-15-11/h2-6H,1H3,(H3,13,14,15,16). The average molecular weight is 279 g/mol. The predicted molar refractivity (Wildman–Crippen MR) is 68.6 cm³/mol. The number of nitrogens with two attached hydrogens (primary N) is 1. The zero-order chi connectivity index (χ0) is 11.5. The van der Waals surface area contributed by atoms with Gasteiger partial charge in [0.2, 0.25) is 0 Å². The molecule has 4 nitrogen and oxygen atoms in total. The van der Waals surface area contributed by atoms with E-state index < -0.39 is 0 Å². The molecule has 0 aliphatic rings. The first-order valence-electron chi connectivity index (χ1n) is 4.76. The van der Waals surface area contributed by atoms with E-state index in [-0.39, 0.29) is 0 Å². The summed E-state index contributed by atoms with van der Waals surface area (Å²) < 4.78 is 0.982. The van der Waals surface area contributed by atoms with Gasteiger partial charge in [0.15, 0.2) is 0 Å². The van der Waals surface area contributed by atoms with Crippen LogP contribution in [0.2, 0.25) is 0 Å². The monoisotopic (exact) mass is 278 g/mol. The summed E-state index contributed by atoms with van der Waals surface area (Å²) in [6.07, 6.45) is 1.43. The van der Waals surface area contributed by atoms with E-state index in [1.54, 1.807) is 6.07 Å². The van der Waals surface area contributed by atoms with Crippen LogP contribution in [0.25, 0.3) is 0 Å². The summed E-state index contributed by atoms with van der Waals surface area (Å²) in [5, 5.41) is 3.18. The van der Waals surface area contributed by atoms with E-state index in [0.717, 1.165) is 10.2 Å². The van der Waals surface area contributed by atoms with Crippen LogP contribution in [0.1, 0.15) is 5.56 Å². The summed E-state index contributed by atoms with van der Waals surface area (Å²) in [6, 6.07) is 7.74. The molecule has 82 valence electrons. The van der Waals surface area contributed by atoms with Gasteiger partial charge in [0.1, 0.15) is 18.0 Å². The highest BCUT2D eigenvalue weighted by Crippen LogP contribution is 2.26. The fourth-order valence-corrected chi connectivity index (χ4v) is 1.66. The molecule has 1 aromatic heterocycles. The van der Waals surface area contributed by atoms with Gasteiger partial charge in [0, 0.05) is 10.5 Å². The third-order valence-electron chi connectivity index (χ3n) is 2.07. The lowest BCUT2D eigenvalue weighted by molar-refractivity contribution is 1.17. The Kier molecular flexibility index (Phi) is 3.05. The SMILES string of the molecule is Cc1ccc(Br)c(Nc2cc(N)ncn2)c1. The van der Waals surface area contributed by atoms with Crippen molar-refractivity contribution in [3.05, 3.63) is 40.6 Å². The summed E-state index contributed by atoms with van der Waals surface area (Å²) in [5.74, 6) is 1.13. The van der Waals surface area contributed by atoms with Crippen LogP contribution < -0.4 is 11.1 Å². The normalized spacial score (nSPS) is 10.1. The summed E-state index contributed by atoms with van der Waals surface area (Å²) in [5.41, 5.74) is 7.71. The fourth-order valence-electron chi connectivity index (χ4n) is 1.31. The number of hydrogen-bond donors (Lipinski definition) is 2. The van der Waals surface area contributed by atoms with Crippen LogP contribution in [0.3, 0.4) is 0 Å². The van der Waals surface area contributed by atoms with Crippen LogP contribution in [-0.4, -0.2) is 9.97 Å². The first-order valence-corrected chi connectivity index (χ1v) is 5.55. The smallest absolute Gasteiger partial charge is 0.135 e. The van der Waals surface area contributed by atoms with Gasteiger partial charge in [-0.2, -0.15) is 0 Å². The van der Waals surface area contributed by atoms with E-state index in [2.05, 4.69) is 31.2 Å². The molecule has 0 saturated carbocycles. The number of benzene rings is 1. The minimum Gasteiger partial charge on any atom is -0.384 e. The summed E-state index contributed by atoms with van der Waals surface area (Å²) in [4.78, 5) is 7.92. The second kappa shape index (κ2) is 4.49.